The molecule has 2 N–H and O–H groups in total. The van der Waals surface area contributed by atoms with Crippen LogP contribution >= 0.6 is 11.3 Å². The van der Waals surface area contributed by atoms with Crippen LogP contribution in [-0.4, -0.2) is 45.9 Å². The van der Waals surface area contributed by atoms with Crippen molar-refractivity contribution in [2.45, 2.75) is 19.4 Å². The second-order valence-electron chi connectivity index (χ2n) is 7.24. The predicted molar refractivity (Wildman–Crippen MR) is 113 cm³/mol. The van der Waals surface area contributed by atoms with E-state index in [1.54, 1.807) is 23.3 Å². The first-order valence-corrected chi connectivity index (χ1v) is 10.8. The molecule has 1 saturated heterocycles. The van der Waals surface area contributed by atoms with Gasteiger partial charge in [-0.05, 0) is 49.2 Å². The molecule has 0 saturated carbocycles. The van der Waals surface area contributed by atoms with Gasteiger partial charge in [0.15, 0.2) is 0 Å². The number of anilines is 1. The van der Waals surface area contributed by atoms with Crippen molar-refractivity contribution < 1.29 is 23.2 Å². The maximum absolute atomic E-state index is 13.0. The molecule has 0 bridgehead atoms. The third kappa shape index (κ3) is 5.17. The molecule has 3 heterocycles. The number of benzene rings is 1. The smallest absolute Gasteiger partial charge is 0.286 e. The second-order valence-corrected chi connectivity index (χ2v) is 8.21. The number of nitrogens with one attached hydrogen (secondary N) is 2. The minimum atomic E-state index is -0.528. The van der Waals surface area contributed by atoms with Crippen LogP contribution in [0.4, 0.5) is 10.1 Å². The summed E-state index contributed by atoms with van der Waals surface area (Å²) in [5.41, 5.74) is 0.409. The molecule has 9 nitrogen and oxygen atoms in total. The lowest BCUT2D eigenvalue weighted by atomic mass is 9.96. The molecule has 0 spiro atoms. The van der Waals surface area contributed by atoms with E-state index >= 15 is 0 Å². The lowest BCUT2D eigenvalue weighted by Gasteiger charge is -2.30. The van der Waals surface area contributed by atoms with Gasteiger partial charge >= 0.3 is 0 Å². The monoisotopic (exact) mass is 457 g/mol. The average Bonchev–Trinajstić information content (AvgIpc) is 3.51. The first-order valence-electron chi connectivity index (χ1n) is 9.99. The quantitative estimate of drug-likeness (QED) is 0.588. The summed E-state index contributed by atoms with van der Waals surface area (Å²) in [6.45, 7) is 1.15. The number of likely N-dealkylation sites (tertiary alicyclic amines) is 1. The number of halogens is 1. The Morgan fingerprint density at radius 3 is 2.50 bits per heavy atom. The SMILES string of the molecule is O=C(Nc1ccc(F)cc1)c1nnc(C(=O)N2CCC(C(=O)NCc3ccco3)CC2)s1. The van der Waals surface area contributed by atoms with Gasteiger partial charge in [-0.15, -0.1) is 10.2 Å². The molecule has 32 heavy (non-hydrogen) atoms. The van der Waals surface area contributed by atoms with Gasteiger partial charge < -0.3 is 20.0 Å². The average molecular weight is 457 g/mol. The van der Waals surface area contributed by atoms with E-state index < -0.39 is 11.7 Å². The Hall–Kier alpha value is -3.60. The Bertz CT molecular complexity index is 1090. The molecular formula is C21H20FN5O4S. The number of furan rings is 1. The highest BCUT2D eigenvalue weighted by Gasteiger charge is 2.29. The van der Waals surface area contributed by atoms with E-state index in [1.165, 1.54) is 24.3 Å². The number of piperidine rings is 1. The Balaban J connectivity index is 1.28. The number of amides is 3. The summed E-state index contributed by atoms with van der Waals surface area (Å²) in [5, 5.41) is 13.2. The number of rotatable bonds is 6. The van der Waals surface area contributed by atoms with Gasteiger partial charge in [-0.2, -0.15) is 0 Å². The molecule has 4 rings (SSSR count). The van der Waals surface area contributed by atoms with Crippen LogP contribution in [0.5, 0.6) is 0 Å². The molecule has 1 aliphatic heterocycles. The Morgan fingerprint density at radius 1 is 1.09 bits per heavy atom. The molecule has 0 radical (unpaired) electrons. The van der Waals surface area contributed by atoms with Gasteiger partial charge in [-0.1, -0.05) is 11.3 Å². The van der Waals surface area contributed by atoms with Crippen LogP contribution in [0, 0.1) is 11.7 Å². The van der Waals surface area contributed by atoms with Crippen molar-refractivity contribution in [2.24, 2.45) is 5.92 Å². The highest BCUT2D eigenvalue weighted by Crippen LogP contribution is 2.21. The van der Waals surface area contributed by atoms with Crippen LogP contribution in [0.1, 0.15) is 38.2 Å². The molecule has 0 aliphatic carbocycles. The summed E-state index contributed by atoms with van der Waals surface area (Å²) in [7, 11) is 0. The van der Waals surface area contributed by atoms with Gasteiger partial charge in [-0.25, -0.2) is 4.39 Å². The van der Waals surface area contributed by atoms with E-state index in [4.69, 9.17) is 4.42 Å². The fraction of sp³-hybridized carbons (Fsp3) is 0.286. The molecule has 0 atom stereocenters. The summed E-state index contributed by atoms with van der Waals surface area (Å²) in [4.78, 5) is 39.0. The molecule has 1 fully saturated rings. The van der Waals surface area contributed by atoms with Crippen LogP contribution in [-0.2, 0) is 11.3 Å². The molecule has 0 unspecified atom stereocenters. The van der Waals surface area contributed by atoms with Crippen molar-refractivity contribution in [1.29, 1.82) is 0 Å². The number of carbonyl (C=O) groups excluding carboxylic acids is 3. The zero-order chi connectivity index (χ0) is 22.5. The lowest BCUT2D eigenvalue weighted by Crippen LogP contribution is -2.42. The predicted octanol–water partition coefficient (Wildman–Crippen LogP) is 2.69. The molecule has 2 aromatic heterocycles. The molecule has 166 valence electrons. The van der Waals surface area contributed by atoms with Crippen LogP contribution < -0.4 is 10.6 Å². The van der Waals surface area contributed by atoms with Crippen molar-refractivity contribution in [3.8, 4) is 0 Å². The third-order valence-electron chi connectivity index (χ3n) is 5.07. The zero-order valence-corrected chi connectivity index (χ0v) is 17.7. The van der Waals surface area contributed by atoms with Crippen LogP contribution in [0.2, 0.25) is 0 Å². The molecule has 1 aliphatic rings. The van der Waals surface area contributed by atoms with E-state index in [0.29, 0.717) is 43.9 Å². The summed E-state index contributed by atoms with van der Waals surface area (Å²) in [6.07, 6.45) is 2.62. The largest absolute Gasteiger partial charge is 0.467 e. The molecule has 3 aromatic rings. The molecule has 3 amide bonds. The minimum Gasteiger partial charge on any atom is -0.467 e. The first-order chi connectivity index (χ1) is 15.5. The lowest BCUT2D eigenvalue weighted by molar-refractivity contribution is -0.126. The van der Waals surface area contributed by atoms with Crippen molar-refractivity contribution in [1.82, 2.24) is 20.4 Å². The fourth-order valence-corrected chi connectivity index (χ4v) is 4.04. The van der Waals surface area contributed by atoms with E-state index in [0.717, 1.165) is 11.3 Å². The van der Waals surface area contributed by atoms with E-state index in [1.807, 2.05) is 0 Å². The number of hydrogen-bond acceptors (Lipinski definition) is 7. The van der Waals surface area contributed by atoms with E-state index in [9.17, 15) is 18.8 Å². The summed E-state index contributed by atoms with van der Waals surface area (Å²) < 4.78 is 18.2. The topological polar surface area (TPSA) is 117 Å². The highest BCUT2D eigenvalue weighted by atomic mass is 32.1. The molecule has 1 aromatic carbocycles. The standard InChI is InChI=1S/C21H20FN5O4S/c22-14-3-5-15(6-4-14)24-18(29)19-25-26-20(32-19)21(30)27-9-7-13(8-10-27)17(28)23-12-16-2-1-11-31-16/h1-6,11,13H,7-10,12H2,(H,23,28)(H,24,29). The van der Waals surface area contributed by atoms with Crippen molar-refractivity contribution >= 4 is 34.7 Å². The maximum atomic E-state index is 13.0. The van der Waals surface area contributed by atoms with Gasteiger partial charge in [0.05, 0.1) is 12.8 Å². The van der Waals surface area contributed by atoms with Crippen LogP contribution in [0.3, 0.4) is 0 Å². The van der Waals surface area contributed by atoms with Crippen LogP contribution in [0.15, 0.2) is 47.1 Å². The number of hydrogen-bond donors (Lipinski definition) is 2. The van der Waals surface area contributed by atoms with Gasteiger partial charge in [-0.3, -0.25) is 14.4 Å². The zero-order valence-electron chi connectivity index (χ0n) is 16.9. The number of carbonyl (C=O) groups is 3. The Morgan fingerprint density at radius 2 is 1.81 bits per heavy atom. The minimum absolute atomic E-state index is 0.0323. The Kier molecular flexibility index (Phi) is 6.55. The number of nitrogens with zero attached hydrogens (tertiary/aromatic N) is 3. The normalized spacial score (nSPS) is 14.2. The van der Waals surface area contributed by atoms with E-state index in [-0.39, 0.29) is 27.7 Å². The van der Waals surface area contributed by atoms with Crippen molar-refractivity contribution in [2.75, 3.05) is 18.4 Å². The van der Waals surface area contributed by atoms with Crippen LogP contribution in [0.25, 0.3) is 0 Å². The third-order valence-corrected chi connectivity index (χ3v) is 5.98. The van der Waals surface area contributed by atoms with E-state index in [2.05, 4.69) is 20.8 Å². The first kappa shape index (κ1) is 21.6. The van der Waals surface area contributed by atoms with Gasteiger partial charge in [0.2, 0.25) is 15.9 Å². The maximum Gasteiger partial charge on any atom is 0.286 e. The number of aromatic nitrogens is 2. The Labute approximate surface area is 186 Å². The fourth-order valence-electron chi connectivity index (χ4n) is 3.33. The van der Waals surface area contributed by atoms with Gasteiger partial charge in [0.1, 0.15) is 11.6 Å². The van der Waals surface area contributed by atoms with Crippen molar-refractivity contribution in [3.63, 3.8) is 0 Å². The second kappa shape index (κ2) is 9.69. The molecule has 11 heteroatoms. The van der Waals surface area contributed by atoms with Gasteiger partial charge in [0.25, 0.3) is 11.8 Å². The molecular weight excluding hydrogens is 437 g/mol. The highest BCUT2D eigenvalue weighted by molar-refractivity contribution is 7.15. The van der Waals surface area contributed by atoms with Crippen molar-refractivity contribution in [3.05, 3.63) is 64.3 Å². The summed E-state index contributed by atoms with van der Waals surface area (Å²) in [6, 6.07) is 8.86. The van der Waals surface area contributed by atoms with Gasteiger partial charge in [0, 0.05) is 24.7 Å². The summed E-state index contributed by atoms with van der Waals surface area (Å²) >= 11 is 0.890. The summed E-state index contributed by atoms with van der Waals surface area (Å²) in [5.74, 6) is -0.824.